The molecule has 132 valence electrons. The van der Waals surface area contributed by atoms with Gasteiger partial charge in [0, 0.05) is 31.9 Å². The summed E-state index contributed by atoms with van der Waals surface area (Å²) in [5.41, 5.74) is 0.883. The number of aliphatic carboxylic acids is 3. The molecule has 0 aliphatic heterocycles. The zero-order valence-electron chi connectivity index (χ0n) is 13.1. The molecule has 0 amide bonds. The van der Waals surface area contributed by atoms with Gasteiger partial charge < -0.3 is 30.6 Å². The summed E-state index contributed by atoms with van der Waals surface area (Å²) < 4.78 is 0. The maximum atomic E-state index is 9.27. The number of carboxylic acids is 3. The molecule has 1 aromatic rings. The van der Waals surface area contributed by atoms with Gasteiger partial charge in [-0.2, -0.15) is 0 Å². The predicted octanol–water partition coefficient (Wildman–Crippen LogP) is 0.649. The van der Waals surface area contributed by atoms with Crippen molar-refractivity contribution in [3.63, 3.8) is 0 Å². The van der Waals surface area contributed by atoms with Gasteiger partial charge >= 0.3 is 0 Å². The molecule has 0 unspecified atom stereocenters. The van der Waals surface area contributed by atoms with Crippen molar-refractivity contribution in [3.05, 3.63) is 29.3 Å². The molecule has 0 radical (unpaired) electrons. The second-order valence-corrected chi connectivity index (χ2v) is 3.80. The molecule has 0 fully saturated rings. The molecule has 1 aromatic carbocycles. The number of para-hydroxylation sites is 1. The van der Waals surface area contributed by atoms with Crippen molar-refractivity contribution in [2.45, 2.75) is 34.0 Å². The highest BCUT2D eigenvalue weighted by molar-refractivity contribution is 5.63. The Balaban J connectivity index is -0.000000278. The van der Waals surface area contributed by atoms with Crippen LogP contribution in [0.1, 0.15) is 31.9 Å². The quantitative estimate of drug-likeness (QED) is 0.454. The average molecular weight is 334 g/mol. The summed E-state index contributed by atoms with van der Waals surface area (Å²) in [4.78, 5) is 27.0. The second-order valence-electron chi connectivity index (χ2n) is 3.80. The fraction of sp³-hybridized carbons (Fsp3) is 0.357. The summed E-state index contributed by atoms with van der Waals surface area (Å²) in [5, 5.41) is 48.9. The molecule has 23 heavy (non-hydrogen) atoms. The minimum absolute atomic E-state index is 0.0162. The number of hydrogen-bond acceptors (Lipinski definition) is 6. The van der Waals surface area contributed by atoms with E-state index < -0.39 is 17.9 Å². The Hall–Kier alpha value is -2.65. The third-order valence-corrected chi connectivity index (χ3v) is 1.54. The minimum atomic E-state index is -0.833. The van der Waals surface area contributed by atoms with Crippen molar-refractivity contribution >= 4 is 17.9 Å². The van der Waals surface area contributed by atoms with Crippen LogP contribution in [0, 0.1) is 0 Å². The monoisotopic (exact) mass is 334 g/mol. The van der Waals surface area contributed by atoms with Crippen molar-refractivity contribution < 1.29 is 45.0 Å². The Morgan fingerprint density at radius 2 is 1.00 bits per heavy atom. The van der Waals surface area contributed by atoms with Crippen LogP contribution in [0.2, 0.25) is 0 Å². The van der Waals surface area contributed by atoms with E-state index in [1.54, 1.807) is 18.2 Å². The molecular formula is C14H22O9. The Morgan fingerprint density at radius 3 is 1.17 bits per heavy atom. The molecule has 0 aromatic heterocycles. The number of carboxylic acid groups (broad SMARTS) is 3. The van der Waals surface area contributed by atoms with E-state index >= 15 is 0 Å². The van der Waals surface area contributed by atoms with Gasteiger partial charge in [-0.15, -0.1) is 0 Å². The highest BCUT2D eigenvalue weighted by atomic mass is 16.4. The molecule has 0 heterocycles. The zero-order chi connectivity index (χ0) is 19.0. The normalized spacial score (nSPS) is 8.04. The number of phenols is 1. The topological polar surface area (TPSA) is 173 Å². The van der Waals surface area contributed by atoms with Crippen LogP contribution in [0.3, 0.4) is 0 Å². The summed E-state index contributed by atoms with van der Waals surface area (Å²) in [6, 6.07) is 4.89. The Morgan fingerprint density at radius 1 is 0.783 bits per heavy atom. The lowest BCUT2D eigenvalue weighted by Gasteiger charge is -2.04. The fourth-order valence-electron chi connectivity index (χ4n) is 0.900. The molecule has 9 nitrogen and oxygen atoms in total. The van der Waals surface area contributed by atoms with Gasteiger partial charge in [-0.3, -0.25) is 14.4 Å². The first kappa shape index (κ1) is 25.3. The van der Waals surface area contributed by atoms with Crippen molar-refractivity contribution in [1.29, 1.82) is 0 Å². The molecule has 0 aliphatic carbocycles. The van der Waals surface area contributed by atoms with Crippen molar-refractivity contribution in [3.8, 4) is 5.75 Å². The SMILES string of the molecule is CC(=O)O.CC(=O)O.CC(=O)O.OCc1cccc(CO)c1O. The van der Waals surface area contributed by atoms with Crippen LogP contribution in [0.15, 0.2) is 18.2 Å². The van der Waals surface area contributed by atoms with E-state index in [0.717, 1.165) is 20.8 Å². The van der Waals surface area contributed by atoms with E-state index in [1.807, 2.05) is 0 Å². The maximum absolute atomic E-state index is 9.27. The van der Waals surface area contributed by atoms with E-state index in [1.165, 1.54) is 0 Å². The van der Waals surface area contributed by atoms with Gasteiger partial charge in [0.05, 0.1) is 13.2 Å². The smallest absolute Gasteiger partial charge is 0.300 e. The van der Waals surface area contributed by atoms with Gasteiger partial charge in [-0.05, 0) is 0 Å². The van der Waals surface area contributed by atoms with Crippen LogP contribution >= 0.6 is 0 Å². The molecule has 0 atom stereocenters. The lowest BCUT2D eigenvalue weighted by Crippen LogP contribution is -1.89. The maximum Gasteiger partial charge on any atom is 0.300 e. The molecule has 0 spiro atoms. The fourth-order valence-corrected chi connectivity index (χ4v) is 0.900. The van der Waals surface area contributed by atoms with Crippen LogP contribution < -0.4 is 0 Å². The highest BCUT2D eigenvalue weighted by Gasteiger charge is 2.03. The number of aromatic hydroxyl groups is 1. The van der Waals surface area contributed by atoms with Gasteiger partial charge in [0.1, 0.15) is 5.75 Å². The van der Waals surface area contributed by atoms with Crippen molar-refractivity contribution in [2.24, 2.45) is 0 Å². The van der Waals surface area contributed by atoms with E-state index in [2.05, 4.69) is 0 Å². The van der Waals surface area contributed by atoms with Gasteiger partial charge in [0.2, 0.25) is 0 Å². The van der Waals surface area contributed by atoms with Crippen molar-refractivity contribution in [2.75, 3.05) is 0 Å². The number of carbonyl (C=O) groups is 3. The largest absolute Gasteiger partial charge is 0.507 e. The summed E-state index contributed by atoms with van der Waals surface area (Å²) in [6.45, 7) is 2.83. The summed E-state index contributed by atoms with van der Waals surface area (Å²) in [7, 11) is 0. The zero-order valence-corrected chi connectivity index (χ0v) is 13.1. The van der Waals surface area contributed by atoms with Gasteiger partial charge in [0.15, 0.2) is 0 Å². The number of aliphatic hydroxyl groups excluding tert-OH is 2. The van der Waals surface area contributed by atoms with Crippen molar-refractivity contribution in [1.82, 2.24) is 0 Å². The standard InChI is InChI=1S/C8H10O3.3C2H4O2/c9-4-6-2-1-3-7(5-10)8(6)11;3*1-2(3)4/h1-3,9-11H,4-5H2;3*1H3,(H,3,4). The molecule has 0 aliphatic rings. The second kappa shape index (κ2) is 15.7. The number of aliphatic hydroxyl groups is 2. The van der Waals surface area contributed by atoms with Gasteiger partial charge in [0.25, 0.3) is 17.9 Å². The average Bonchev–Trinajstić information content (AvgIpc) is 2.37. The first-order valence-electron chi connectivity index (χ1n) is 6.09. The Bertz CT molecular complexity index is 420. The van der Waals surface area contributed by atoms with Crippen LogP contribution in [0.25, 0.3) is 0 Å². The third-order valence-electron chi connectivity index (χ3n) is 1.54. The van der Waals surface area contributed by atoms with E-state index in [-0.39, 0.29) is 19.0 Å². The molecule has 9 heteroatoms. The Labute approximate surface area is 133 Å². The van der Waals surface area contributed by atoms with Crippen LogP contribution in [0.5, 0.6) is 5.75 Å². The summed E-state index contributed by atoms with van der Waals surface area (Å²) >= 11 is 0. The molecule has 0 saturated heterocycles. The van der Waals surface area contributed by atoms with Crippen LogP contribution in [-0.2, 0) is 27.6 Å². The van der Waals surface area contributed by atoms with Gasteiger partial charge in [-0.1, -0.05) is 18.2 Å². The van der Waals surface area contributed by atoms with E-state index in [0.29, 0.717) is 11.1 Å². The Kier molecular flexibility index (Phi) is 17.3. The first-order valence-corrected chi connectivity index (χ1v) is 6.09. The van der Waals surface area contributed by atoms with Crippen LogP contribution in [0.4, 0.5) is 0 Å². The molecule has 0 saturated carbocycles. The lowest BCUT2D eigenvalue weighted by atomic mass is 10.1. The lowest BCUT2D eigenvalue weighted by molar-refractivity contribution is -0.135. The molecule has 6 N–H and O–H groups in total. The number of benzene rings is 1. The summed E-state index contributed by atoms with van der Waals surface area (Å²) in [5.74, 6) is -2.52. The number of rotatable bonds is 2. The predicted molar refractivity (Wildman–Crippen MR) is 79.9 cm³/mol. The molecular weight excluding hydrogens is 312 g/mol. The minimum Gasteiger partial charge on any atom is -0.507 e. The van der Waals surface area contributed by atoms with Crippen LogP contribution in [-0.4, -0.2) is 48.5 Å². The molecule has 0 bridgehead atoms. The van der Waals surface area contributed by atoms with E-state index in [9.17, 15) is 5.11 Å². The van der Waals surface area contributed by atoms with Gasteiger partial charge in [-0.25, -0.2) is 0 Å². The highest BCUT2D eigenvalue weighted by Crippen LogP contribution is 2.21. The summed E-state index contributed by atoms with van der Waals surface area (Å²) in [6.07, 6.45) is 0. The number of hydrogen-bond donors (Lipinski definition) is 6. The first-order chi connectivity index (χ1) is 10.5. The van der Waals surface area contributed by atoms with E-state index in [4.69, 9.17) is 39.9 Å². The third kappa shape index (κ3) is 24.7. The molecule has 1 rings (SSSR count).